The van der Waals surface area contributed by atoms with Crippen LogP contribution in [0.25, 0.3) is 0 Å². The molecule has 1 N–H and O–H groups in total. The van der Waals surface area contributed by atoms with Gasteiger partial charge in [0.1, 0.15) is 0 Å². The van der Waals surface area contributed by atoms with Crippen molar-refractivity contribution < 1.29 is 4.79 Å². The van der Waals surface area contributed by atoms with Gasteiger partial charge < -0.3 is 10.2 Å². The second kappa shape index (κ2) is 4.71. The zero-order chi connectivity index (χ0) is 11.8. The summed E-state index contributed by atoms with van der Waals surface area (Å²) >= 11 is 4.98. The Bertz CT molecular complexity index is 434. The summed E-state index contributed by atoms with van der Waals surface area (Å²) in [5.74, 6) is 1.64. The number of carbonyl (C=O) groups excluding carboxylic acids is 1. The normalized spacial score (nSPS) is 28.2. The van der Waals surface area contributed by atoms with E-state index in [4.69, 9.17) is 0 Å². The topological polar surface area (TPSA) is 32.3 Å². The minimum Gasteiger partial charge on any atom is -0.338 e. The molecule has 3 heterocycles. The van der Waals surface area contributed by atoms with E-state index in [0.29, 0.717) is 5.92 Å². The van der Waals surface area contributed by atoms with Crippen molar-refractivity contribution in [3.05, 3.63) is 20.8 Å². The van der Waals surface area contributed by atoms with Crippen molar-refractivity contribution in [3.8, 4) is 0 Å². The second-order valence-electron chi connectivity index (χ2n) is 4.86. The number of thiophene rings is 1. The fourth-order valence-corrected chi connectivity index (χ4v) is 3.95. The van der Waals surface area contributed by atoms with E-state index in [2.05, 4.69) is 21.2 Å². The van der Waals surface area contributed by atoms with Gasteiger partial charge in [-0.15, -0.1) is 11.3 Å². The van der Waals surface area contributed by atoms with Gasteiger partial charge in [-0.1, -0.05) is 0 Å². The van der Waals surface area contributed by atoms with Gasteiger partial charge >= 0.3 is 0 Å². The molecule has 0 bridgehead atoms. The SMILES string of the molecule is O=C(c1csc(Br)c1)N1CCC2CNCC2C1. The third-order valence-electron chi connectivity index (χ3n) is 3.81. The first-order valence-corrected chi connectivity index (χ1v) is 7.65. The average molecular weight is 315 g/mol. The molecule has 2 unspecified atom stereocenters. The van der Waals surface area contributed by atoms with E-state index in [1.165, 1.54) is 0 Å². The highest BCUT2D eigenvalue weighted by Crippen LogP contribution is 2.28. The lowest BCUT2D eigenvalue weighted by molar-refractivity contribution is 0.0643. The van der Waals surface area contributed by atoms with Crippen molar-refractivity contribution in [2.24, 2.45) is 11.8 Å². The van der Waals surface area contributed by atoms with Crippen molar-refractivity contribution in [2.75, 3.05) is 26.2 Å². The van der Waals surface area contributed by atoms with Gasteiger partial charge in [-0.3, -0.25) is 4.79 Å². The summed E-state index contributed by atoms with van der Waals surface area (Å²) < 4.78 is 1.03. The van der Waals surface area contributed by atoms with Gasteiger partial charge in [0, 0.05) is 18.5 Å². The Morgan fingerprint density at radius 1 is 1.47 bits per heavy atom. The van der Waals surface area contributed by atoms with Gasteiger partial charge in [0.2, 0.25) is 0 Å². The highest BCUT2D eigenvalue weighted by molar-refractivity contribution is 9.11. The molecule has 2 fully saturated rings. The maximum Gasteiger partial charge on any atom is 0.254 e. The number of nitrogens with one attached hydrogen (secondary N) is 1. The van der Waals surface area contributed by atoms with Crippen LogP contribution in [0.4, 0.5) is 0 Å². The molecule has 0 aliphatic carbocycles. The molecule has 2 aliphatic rings. The molecule has 2 atom stereocenters. The van der Waals surface area contributed by atoms with Crippen molar-refractivity contribution in [2.45, 2.75) is 6.42 Å². The molecule has 0 aromatic carbocycles. The van der Waals surface area contributed by atoms with Crippen LogP contribution in [0.15, 0.2) is 15.2 Å². The Hall–Kier alpha value is -0.390. The number of carbonyl (C=O) groups is 1. The smallest absolute Gasteiger partial charge is 0.254 e. The van der Waals surface area contributed by atoms with E-state index < -0.39 is 0 Å². The number of hydrogen-bond donors (Lipinski definition) is 1. The summed E-state index contributed by atoms with van der Waals surface area (Å²) in [5, 5.41) is 5.36. The monoisotopic (exact) mass is 314 g/mol. The van der Waals surface area contributed by atoms with Gasteiger partial charge in [-0.2, -0.15) is 0 Å². The molecular weight excluding hydrogens is 300 g/mol. The molecule has 2 aliphatic heterocycles. The Morgan fingerprint density at radius 3 is 3.06 bits per heavy atom. The number of hydrogen-bond acceptors (Lipinski definition) is 3. The van der Waals surface area contributed by atoms with E-state index in [9.17, 15) is 4.79 Å². The van der Waals surface area contributed by atoms with Gasteiger partial charge in [0.05, 0.1) is 9.35 Å². The predicted octanol–water partition coefficient (Wildman–Crippen LogP) is 2.19. The van der Waals surface area contributed by atoms with Crippen LogP contribution in [0.5, 0.6) is 0 Å². The molecule has 0 saturated carbocycles. The number of halogens is 1. The maximum atomic E-state index is 12.3. The maximum absolute atomic E-state index is 12.3. The average Bonchev–Trinajstić information content (AvgIpc) is 2.95. The number of amides is 1. The van der Waals surface area contributed by atoms with Crippen LogP contribution in [0, 0.1) is 11.8 Å². The molecule has 3 nitrogen and oxygen atoms in total. The molecule has 0 spiro atoms. The standard InChI is InChI=1S/C12H15BrN2OS/c13-11-3-9(7-17-11)12(16)15-2-1-8-4-14-5-10(8)6-15/h3,7-8,10,14H,1-2,4-6H2. The zero-order valence-electron chi connectivity index (χ0n) is 9.49. The molecule has 3 rings (SSSR count). The van der Waals surface area contributed by atoms with Gasteiger partial charge in [-0.25, -0.2) is 0 Å². The van der Waals surface area contributed by atoms with E-state index in [-0.39, 0.29) is 5.91 Å². The summed E-state index contributed by atoms with van der Waals surface area (Å²) in [7, 11) is 0. The summed E-state index contributed by atoms with van der Waals surface area (Å²) in [6.45, 7) is 4.04. The quantitative estimate of drug-likeness (QED) is 0.862. The summed E-state index contributed by atoms with van der Waals surface area (Å²) in [6, 6.07) is 1.92. The summed E-state index contributed by atoms with van der Waals surface area (Å²) in [6.07, 6.45) is 1.15. The zero-order valence-corrected chi connectivity index (χ0v) is 11.9. The first-order chi connectivity index (χ1) is 8.24. The van der Waals surface area contributed by atoms with Crippen LogP contribution in [0.1, 0.15) is 16.8 Å². The number of rotatable bonds is 1. The fraction of sp³-hybridized carbons (Fsp3) is 0.583. The summed E-state index contributed by atoms with van der Waals surface area (Å²) in [5.41, 5.74) is 0.825. The first kappa shape index (κ1) is 11.7. The minimum atomic E-state index is 0.192. The van der Waals surface area contributed by atoms with Crippen molar-refractivity contribution >= 4 is 33.2 Å². The number of fused-ring (bicyclic) bond motifs is 1. The van der Waals surface area contributed by atoms with E-state index in [1.54, 1.807) is 11.3 Å². The first-order valence-electron chi connectivity index (χ1n) is 5.98. The number of nitrogens with zero attached hydrogens (tertiary/aromatic N) is 1. The Balaban J connectivity index is 1.70. The van der Waals surface area contributed by atoms with Gasteiger partial charge in [-0.05, 0) is 53.3 Å². The lowest BCUT2D eigenvalue weighted by atomic mass is 9.88. The van der Waals surface area contributed by atoms with Crippen LogP contribution in [-0.4, -0.2) is 37.0 Å². The van der Waals surface area contributed by atoms with Gasteiger partial charge in [0.15, 0.2) is 0 Å². The molecule has 2 saturated heterocycles. The number of likely N-dealkylation sites (tertiary alicyclic amines) is 1. The Kier molecular flexibility index (Phi) is 3.23. The molecule has 0 radical (unpaired) electrons. The van der Waals surface area contributed by atoms with Gasteiger partial charge in [0.25, 0.3) is 5.91 Å². The Labute approximate surface area is 113 Å². The molecule has 1 aromatic rings. The molecule has 17 heavy (non-hydrogen) atoms. The highest BCUT2D eigenvalue weighted by Gasteiger charge is 2.34. The predicted molar refractivity (Wildman–Crippen MR) is 72.4 cm³/mol. The van der Waals surface area contributed by atoms with Crippen molar-refractivity contribution in [3.63, 3.8) is 0 Å². The van der Waals surface area contributed by atoms with Crippen molar-refractivity contribution in [1.29, 1.82) is 0 Å². The lowest BCUT2D eigenvalue weighted by Crippen LogP contribution is -2.43. The minimum absolute atomic E-state index is 0.192. The number of piperidine rings is 1. The molecule has 92 valence electrons. The lowest BCUT2D eigenvalue weighted by Gasteiger charge is -2.34. The van der Waals surface area contributed by atoms with Crippen LogP contribution in [0.2, 0.25) is 0 Å². The molecule has 1 amide bonds. The van der Waals surface area contributed by atoms with Crippen molar-refractivity contribution in [1.82, 2.24) is 10.2 Å². The van der Waals surface area contributed by atoms with E-state index >= 15 is 0 Å². The summed E-state index contributed by atoms with van der Waals surface area (Å²) in [4.78, 5) is 14.3. The molecule has 1 aromatic heterocycles. The van der Waals surface area contributed by atoms with Crippen LogP contribution < -0.4 is 5.32 Å². The Morgan fingerprint density at radius 2 is 2.29 bits per heavy atom. The van der Waals surface area contributed by atoms with Crippen LogP contribution in [-0.2, 0) is 0 Å². The van der Waals surface area contributed by atoms with Crippen LogP contribution in [0.3, 0.4) is 0 Å². The second-order valence-corrected chi connectivity index (χ2v) is 7.15. The largest absolute Gasteiger partial charge is 0.338 e. The van der Waals surface area contributed by atoms with E-state index in [0.717, 1.165) is 47.9 Å². The highest BCUT2D eigenvalue weighted by atomic mass is 79.9. The fourth-order valence-electron chi connectivity index (χ4n) is 2.82. The molecular formula is C12H15BrN2OS. The third-order valence-corrected chi connectivity index (χ3v) is 5.31. The van der Waals surface area contributed by atoms with E-state index in [1.807, 2.05) is 16.3 Å². The molecule has 5 heteroatoms. The third kappa shape index (κ3) is 2.28. The van der Waals surface area contributed by atoms with Crippen LogP contribution >= 0.6 is 27.3 Å².